The number of carbonyl (C=O) groups is 1. The third-order valence-corrected chi connectivity index (χ3v) is 7.06. The molecule has 2 heterocycles. The minimum Gasteiger partial charge on any atom is -0.351 e. The molecular formula is C20H27N3OS2. The molecule has 0 radical (unpaired) electrons. The SMILES string of the molecule is C[C@H]1CCc2c(sc3nc(C4CC4)nc(SCC(=O)NC(C)(C)C)c23)C1. The highest BCUT2D eigenvalue weighted by molar-refractivity contribution is 8.00. The molecule has 4 rings (SSSR count). The number of thiophene rings is 1. The van der Waals surface area contributed by atoms with Crippen molar-refractivity contribution in [1.29, 1.82) is 0 Å². The van der Waals surface area contributed by atoms with E-state index in [1.54, 1.807) is 11.8 Å². The standard InChI is InChI=1S/C20H27N3OS2/c1-11-5-8-13-14(9-11)26-19-16(13)18(21-17(22-19)12-6-7-12)25-10-15(24)23-20(2,3)4/h11-12H,5-10H2,1-4H3,(H,23,24)/t11-/m0/s1. The molecule has 0 aliphatic heterocycles. The first-order valence-corrected chi connectivity index (χ1v) is 11.4. The Hall–Kier alpha value is -1.14. The number of aromatic nitrogens is 2. The van der Waals surface area contributed by atoms with Gasteiger partial charge in [-0.05, 0) is 64.4 Å². The lowest BCUT2D eigenvalue weighted by Crippen LogP contribution is -2.41. The second kappa shape index (κ2) is 6.79. The Labute approximate surface area is 163 Å². The summed E-state index contributed by atoms with van der Waals surface area (Å²) in [5.41, 5.74) is 1.25. The molecule has 2 aromatic rings. The quantitative estimate of drug-likeness (QED) is 0.608. The average Bonchev–Trinajstić information content (AvgIpc) is 3.32. The fourth-order valence-electron chi connectivity index (χ4n) is 3.54. The molecule has 140 valence electrons. The summed E-state index contributed by atoms with van der Waals surface area (Å²) < 4.78 is 0. The van der Waals surface area contributed by atoms with Gasteiger partial charge in [0.1, 0.15) is 15.7 Å². The molecule has 1 fully saturated rings. The number of nitrogens with zero attached hydrogens (tertiary/aromatic N) is 2. The maximum absolute atomic E-state index is 12.3. The van der Waals surface area contributed by atoms with Crippen molar-refractivity contribution in [2.75, 3.05) is 5.75 Å². The summed E-state index contributed by atoms with van der Waals surface area (Å²) in [5, 5.41) is 5.30. The molecule has 0 spiro atoms. The van der Waals surface area contributed by atoms with Gasteiger partial charge >= 0.3 is 0 Å². The normalized spacial score (nSPS) is 20.2. The predicted molar refractivity (Wildman–Crippen MR) is 109 cm³/mol. The first-order valence-electron chi connectivity index (χ1n) is 9.56. The molecule has 1 atom stereocenters. The molecule has 1 amide bonds. The Morgan fingerprint density at radius 2 is 2.04 bits per heavy atom. The van der Waals surface area contributed by atoms with Gasteiger partial charge in [0.2, 0.25) is 5.91 Å². The lowest BCUT2D eigenvalue weighted by Gasteiger charge is -2.20. The molecule has 0 aromatic carbocycles. The van der Waals surface area contributed by atoms with Gasteiger partial charge in [0.05, 0.1) is 5.75 Å². The number of aryl methyl sites for hydroxylation is 1. The van der Waals surface area contributed by atoms with Crippen molar-refractivity contribution in [2.45, 2.75) is 76.3 Å². The topological polar surface area (TPSA) is 54.9 Å². The van der Waals surface area contributed by atoms with E-state index in [4.69, 9.17) is 9.97 Å². The Morgan fingerprint density at radius 1 is 1.27 bits per heavy atom. The largest absolute Gasteiger partial charge is 0.351 e. The Kier molecular flexibility index (Phi) is 4.76. The number of fused-ring (bicyclic) bond motifs is 3. The minimum absolute atomic E-state index is 0.0694. The Morgan fingerprint density at radius 3 is 2.73 bits per heavy atom. The number of amides is 1. The number of hydrogen-bond acceptors (Lipinski definition) is 5. The van der Waals surface area contributed by atoms with E-state index in [0.717, 1.165) is 34.4 Å². The van der Waals surface area contributed by atoms with Gasteiger partial charge in [-0.1, -0.05) is 18.7 Å². The lowest BCUT2D eigenvalue weighted by molar-refractivity contribution is -0.119. The van der Waals surface area contributed by atoms with Gasteiger partial charge in [-0.15, -0.1) is 11.3 Å². The number of thioether (sulfide) groups is 1. The molecule has 1 N–H and O–H groups in total. The van der Waals surface area contributed by atoms with Gasteiger partial charge in [-0.25, -0.2) is 9.97 Å². The summed E-state index contributed by atoms with van der Waals surface area (Å²) >= 11 is 3.44. The summed E-state index contributed by atoms with van der Waals surface area (Å²) in [5.74, 6) is 2.75. The zero-order chi connectivity index (χ0) is 18.5. The molecule has 2 aliphatic carbocycles. The third-order valence-electron chi connectivity index (χ3n) is 4.94. The van der Waals surface area contributed by atoms with Crippen LogP contribution in [0.4, 0.5) is 0 Å². The summed E-state index contributed by atoms with van der Waals surface area (Å²) in [6, 6.07) is 0. The minimum atomic E-state index is -0.199. The van der Waals surface area contributed by atoms with Crippen molar-refractivity contribution in [3.05, 3.63) is 16.3 Å². The fourth-order valence-corrected chi connectivity index (χ4v) is 5.86. The van der Waals surface area contributed by atoms with E-state index in [-0.39, 0.29) is 11.4 Å². The van der Waals surface area contributed by atoms with E-state index in [1.165, 1.54) is 35.1 Å². The van der Waals surface area contributed by atoms with Gasteiger partial charge in [0.15, 0.2) is 0 Å². The Balaban J connectivity index is 1.66. The van der Waals surface area contributed by atoms with Gasteiger partial charge in [-0.3, -0.25) is 4.79 Å². The molecule has 0 unspecified atom stereocenters. The van der Waals surface area contributed by atoms with E-state index in [2.05, 4.69) is 12.2 Å². The molecule has 0 saturated heterocycles. The Bertz CT molecular complexity index is 849. The van der Waals surface area contributed by atoms with Crippen LogP contribution in [0.25, 0.3) is 10.2 Å². The second-order valence-electron chi connectivity index (χ2n) is 8.78. The van der Waals surface area contributed by atoms with Crippen LogP contribution in [-0.4, -0.2) is 27.2 Å². The van der Waals surface area contributed by atoms with Crippen LogP contribution in [0.1, 0.15) is 69.1 Å². The van der Waals surface area contributed by atoms with E-state index in [1.807, 2.05) is 32.1 Å². The first-order chi connectivity index (χ1) is 12.3. The predicted octanol–water partition coefficient (Wildman–Crippen LogP) is 4.70. The zero-order valence-corrected chi connectivity index (χ0v) is 17.6. The van der Waals surface area contributed by atoms with Crippen LogP contribution in [0.3, 0.4) is 0 Å². The van der Waals surface area contributed by atoms with Crippen molar-refractivity contribution >= 4 is 39.2 Å². The molecular weight excluding hydrogens is 362 g/mol. The van der Waals surface area contributed by atoms with Gasteiger partial charge in [0, 0.05) is 21.7 Å². The number of nitrogens with one attached hydrogen (secondary N) is 1. The molecule has 4 nitrogen and oxygen atoms in total. The average molecular weight is 390 g/mol. The number of rotatable bonds is 4. The fraction of sp³-hybridized carbons (Fsp3) is 0.650. The molecule has 0 bridgehead atoms. The number of hydrogen-bond donors (Lipinski definition) is 1. The van der Waals surface area contributed by atoms with Crippen LogP contribution in [0.2, 0.25) is 0 Å². The zero-order valence-electron chi connectivity index (χ0n) is 16.0. The van der Waals surface area contributed by atoms with E-state index < -0.39 is 0 Å². The highest BCUT2D eigenvalue weighted by Crippen LogP contribution is 2.44. The van der Waals surface area contributed by atoms with Gasteiger partial charge in [0.25, 0.3) is 0 Å². The van der Waals surface area contributed by atoms with E-state index in [0.29, 0.717) is 11.7 Å². The van der Waals surface area contributed by atoms with Gasteiger partial charge in [-0.2, -0.15) is 0 Å². The maximum atomic E-state index is 12.3. The van der Waals surface area contributed by atoms with Crippen molar-refractivity contribution in [3.63, 3.8) is 0 Å². The smallest absolute Gasteiger partial charge is 0.230 e. The van der Waals surface area contributed by atoms with Crippen LogP contribution in [0, 0.1) is 5.92 Å². The molecule has 1 saturated carbocycles. The van der Waals surface area contributed by atoms with Crippen LogP contribution in [0.5, 0.6) is 0 Å². The van der Waals surface area contributed by atoms with Crippen molar-refractivity contribution in [2.24, 2.45) is 5.92 Å². The summed E-state index contributed by atoms with van der Waals surface area (Å²) in [4.78, 5) is 24.7. The summed E-state index contributed by atoms with van der Waals surface area (Å²) in [6.45, 7) is 8.38. The molecule has 26 heavy (non-hydrogen) atoms. The summed E-state index contributed by atoms with van der Waals surface area (Å²) in [7, 11) is 0. The molecule has 2 aromatic heterocycles. The number of carbonyl (C=O) groups excluding carboxylic acids is 1. The lowest BCUT2D eigenvalue weighted by atomic mass is 9.89. The maximum Gasteiger partial charge on any atom is 0.230 e. The van der Waals surface area contributed by atoms with Crippen LogP contribution in [-0.2, 0) is 17.6 Å². The van der Waals surface area contributed by atoms with Crippen LogP contribution < -0.4 is 5.32 Å². The highest BCUT2D eigenvalue weighted by Gasteiger charge is 2.30. The van der Waals surface area contributed by atoms with E-state index >= 15 is 0 Å². The van der Waals surface area contributed by atoms with Gasteiger partial charge < -0.3 is 5.32 Å². The van der Waals surface area contributed by atoms with Crippen molar-refractivity contribution < 1.29 is 4.79 Å². The molecule has 6 heteroatoms. The highest BCUT2D eigenvalue weighted by atomic mass is 32.2. The van der Waals surface area contributed by atoms with E-state index in [9.17, 15) is 4.79 Å². The third kappa shape index (κ3) is 3.91. The summed E-state index contributed by atoms with van der Waals surface area (Å²) in [6.07, 6.45) is 5.90. The monoisotopic (exact) mass is 389 g/mol. The van der Waals surface area contributed by atoms with Crippen molar-refractivity contribution in [1.82, 2.24) is 15.3 Å². The second-order valence-corrected chi connectivity index (χ2v) is 10.8. The van der Waals surface area contributed by atoms with Crippen molar-refractivity contribution in [3.8, 4) is 0 Å². The molecule has 2 aliphatic rings. The van der Waals surface area contributed by atoms with Crippen LogP contribution >= 0.6 is 23.1 Å². The first kappa shape index (κ1) is 18.2. The van der Waals surface area contributed by atoms with Crippen LogP contribution in [0.15, 0.2) is 5.03 Å².